The number of carbonyl (C=O) groups is 1. The van der Waals surface area contributed by atoms with E-state index in [-0.39, 0.29) is 22.9 Å². The van der Waals surface area contributed by atoms with Gasteiger partial charge in [-0.25, -0.2) is 8.42 Å². The summed E-state index contributed by atoms with van der Waals surface area (Å²) in [5.74, 6) is 0.339. The summed E-state index contributed by atoms with van der Waals surface area (Å²) < 4.78 is 39.9. The molecule has 4 rings (SSSR count). The van der Waals surface area contributed by atoms with Gasteiger partial charge in [0.05, 0.1) is 25.9 Å². The van der Waals surface area contributed by atoms with Gasteiger partial charge < -0.3 is 14.4 Å². The quantitative estimate of drug-likeness (QED) is 0.782. The number of fused-ring (bicyclic) bond motifs is 1. The first-order valence-electron chi connectivity index (χ1n) is 9.64. The molecule has 1 saturated carbocycles. The van der Waals surface area contributed by atoms with E-state index in [2.05, 4.69) is 0 Å². The lowest BCUT2D eigenvalue weighted by molar-refractivity contribution is -0.117. The Hall–Kier alpha value is -1.64. The highest BCUT2D eigenvalue weighted by Gasteiger charge is 2.42. The third-order valence-electron chi connectivity index (χ3n) is 5.80. The first kappa shape index (κ1) is 18.7. The Morgan fingerprint density at radius 1 is 1.15 bits per heavy atom. The van der Waals surface area contributed by atoms with Gasteiger partial charge in [0.15, 0.2) is 0 Å². The van der Waals surface area contributed by atoms with Crippen LogP contribution in [0.1, 0.15) is 38.5 Å². The molecule has 1 amide bonds. The van der Waals surface area contributed by atoms with Gasteiger partial charge in [0.25, 0.3) is 0 Å². The fraction of sp³-hybridized carbons (Fsp3) is 0.632. The van der Waals surface area contributed by atoms with Crippen molar-refractivity contribution in [1.82, 2.24) is 4.31 Å². The molecule has 3 fully saturated rings. The summed E-state index contributed by atoms with van der Waals surface area (Å²) in [4.78, 5) is 13.9. The van der Waals surface area contributed by atoms with Gasteiger partial charge in [-0.05, 0) is 37.5 Å². The number of sulfonamides is 1. The van der Waals surface area contributed by atoms with Crippen LogP contribution >= 0.6 is 0 Å². The van der Waals surface area contributed by atoms with E-state index in [9.17, 15) is 13.2 Å². The Morgan fingerprint density at radius 2 is 1.96 bits per heavy atom. The second-order valence-corrected chi connectivity index (χ2v) is 9.22. The van der Waals surface area contributed by atoms with Crippen molar-refractivity contribution in [2.45, 2.75) is 55.6 Å². The molecule has 0 radical (unpaired) electrons. The lowest BCUT2D eigenvalue weighted by atomic mass is 9.91. The van der Waals surface area contributed by atoms with Gasteiger partial charge in [-0.2, -0.15) is 4.31 Å². The third-order valence-corrected chi connectivity index (χ3v) is 7.75. The van der Waals surface area contributed by atoms with Crippen LogP contribution in [-0.4, -0.2) is 57.6 Å². The molecule has 0 bridgehead atoms. The summed E-state index contributed by atoms with van der Waals surface area (Å²) in [6.07, 6.45) is 5.06. The minimum absolute atomic E-state index is 0.0298. The van der Waals surface area contributed by atoms with Gasteiger partial charge in [-0.1, -0.05) is 12.8 Å². The smallest absolute Gasteiger partial charge is 0.247 e. The molecule has 2 aliphatic heterocycles. The van der Waals surface area contributed by atoms with Gasteiger partial charge in [-0.3, -0.25) is 4.79 Å². The maximum absolute atomic E-state index is 13.6. The number of amides is 1. The molecule has 1 aliphatic carbocycles. The van der Waals surface area contributed by atoms with E-state index in [4.69, 9.17) is 9.47 Å². The van der Waals surface area contributed by atoms with E-state index < -0.39 is 10.0 Å². The zero-order chi connectivity index (χ0) is 19.0. The molecule has 0 N–H and O–H groups in total. The van der Waals surface area contributed by atoms with Crippen molar-refractivity contribution in [2.75, 3.05) is 31.7 Å². The molecule has 2 unspecified atom stereocenters. The number of anilines is 1. The van der Waals surface area contributed by atoms with Gasteiger partial charge >= 0.3 is 0 Å². The van der Waals surface area contributed by atoms with Crippen molar-refractivity contribution in [3.8, 4) is 5.75 Å². The number of carbonyl (C=O) groups excluding carboxylic acids is 1. The SMILES string of the molecule is COc1ccc(N2CCCC2=O)cc1S(=O)(=O)N1CCOC2CCCCC21. The van der Waals surface area contributed by atoms with E-state index >= 15 is 0 Å². The van der Waals surface area contributed by atoms with Crippen molar-refractivity contribution in [1.29, 1.82) is 0 Å². The van der Waals surface area contributed by atoms with E-state index in [0.29, 0.717) is 37.6 Å². The van der Waals surface area contributed by atoms with Crippen LogP contribution in [0.5, 0.6) is 5.75 Å². The molecule has 3 aliphatic rings. The summed E-state index contributed by atoms with van der Waals surface area (Å²) in [5, 5.41) is 0. The lowest BCUT2D eigenvalue weighted by Gasteiger charge is -2.42. The lowest BCUT2D eigenvalue weighted by Crippen LogP contribution is -2.54. The van der Waals surface area contributed by atoms with Crippen molar-refractivity contribution < 1.29 is 22.7 Å². The number of ether oxygens (including phenoxy) is 2. The minimum Gasteiger partial charge on any atom is -0.495 e. The Kier molecular flexibility index (Phi) is 5.13. The molecular formula is C19H26N2O5S. The number of benzene rings is 1. The van der Waals surface area contributed by atoms with E-state index in [1.807, 2.05) is 0 Å². The van der Waals surface area contributed by atoms with Gasteiger partial charge in [0, 0.05) is 25.2 Å². The first-order chi connectivity index (χ1) is 13.0. The van der Waals surface area contributed by atoms with E-state index in [1.54, 1.807) is 27.4 Å². The minimum atomic E-state index is -3.75. The zero-order valence-corrected chi connectivity index (χ0v) is 16.4. The van der Waals surface area contributed by atoms with Crippen molar-refractivity contribution in [2.24, 2.45) is 0 Å². The fourth-order valence-corrected chi connectivity index (χ4v) is 6.28. The molecular weight excluding hydrogens is 368 g/mol. The Morgan fingerprint density at radius 3 is 2.70 bits per heavy atom. The number of rotatable bonds is 4. The van der Waals surface area contributed by atoms with Gasteiger partial charge in [0.1, 0.15) is 10.6 Å². The Labute approximate surface area is 160 Å². The topological polar surface area (TPSA) is 76.2 Å². The molecule has 2 heterocycles. The average molecular weight is 394 g/mol. The predicted octanol–water partition coefficient (Wildman–Crippen LogP) is 2.15. The molecule has 148 valence electrons. The predicted molar refractivity (Wildman–Crippen MR) is 100 cm³/mol. The molecule has 8 heteroatoms. The van der Waals surface area contributed by atoms with Gasteiger partial charge in [-0.15, -0.1) is 0 Å². The number of morpholine rings is 1. The van der Waals surface area contributed by atoms with E-state index in [0.717, 1.165) is 32.1 Å². The molecule has 0 aromatic heterocycles. The molecule has 2 atom stereocenters. The normalized spacial score (nSPS) is 26.9. The standard InChI is InChI=1S/C19H26N2O5S/c1-25-17-9-8-14(20-10-4-7-19(20)22)13-18(17)27(23,24)21-11-12-26-16-6-3-2-5-15(16)21/h8-9,13,15-16H,2-7,10-12H2,1H3. The number of nitrogens with zero attached hydrogens (tertiary/aromatic N) is 2. The van der Waals surface area contributed by atoms with Crippen molar-refractivity contribution in [3.63, 3.8) is 0 Å². The maximum atomic E-state index is 13.6. The number of methoxy groups -OCH3 is 1. The largest absolute Gasteiger partial charge is 0.495 e. The highest BCUT2D eigenvalue weighted by atomic mass is 32.2. The molecule has 7 nitrogen and oxygen atoms in total. The first-order valence-corrected chi connectivity index (χ1v) is 11.1. The monoisotopic (exact) mass is 394 g/mol. The summed E-state index contributed by atoms with van der Waals surface area (Å²) in [6.45, 7) is 1.37. The van der Waals surface area contributed by atoms with Crippen LogP contribution in [0.25, 0.3) is 0 Å². The summed E-state index contributed by atoms with van der Waals surface area (Å²) in [6, 6.07) is 4.86. The summed E-state index contributed by atoms with van der Waals surface area (Å²) in [7, 11) is -2.28. The van der Waals surface area contributed by atoms with Crippen LogP contribution in [0.3, 0.4) is 0 Å². The highest BCUT2D eigenvalue weighted by Crippen LogP contribution is 2.37. The molecule has 27 heavy (non-hydrogen) atoms. The highest BCUT2D eigenvalue weighted by molar-refractivity contribution is 7.89. The van der Waals surface area contributed by atoms with Crippen LogP contribution in [0.15, 0.2) is 23.1 Å². The van der Waals surface area contributed by atoms with Crippen molar-refractivity contribution >= 4 is 21.6 Å². The number of hydrogen-bond acceptors (Lipinski definition) is 5. The van der Waals surface area contributed by atoms with Crippen LogP contribution < -0.4 is 9.64 Å². The van der Waals surface area contributed by atoms with Crippen LogP contribution in [0.4, 0.5) is 5.69 Å². The average Bonchev–Trinajstić information content (AvgIpc) is 3.13. The summed E-state index contributed by atoms with van der Waals surface area (Å²) in [5.41, 5.74) is 0.616. The Bertz CT molecular complexity index is 823. The maximum Gasteiger partial charge on any atom is 0.247 e. The third kappa shape index (κ3) is 3.34. The second kappa shape index (κ2) is 7.41. The molecule has 0 spiro atoms. The molecule has 2 saturated heterocycles. The molecule has 1 aromatic carbocycles. The molecule has 1 aromatic rings. The van der Waals surface area contributed by atoms with E-state index in [1.165, 1.54) is 7.11 Å². The second-order valence-electron chi connectivity index (χ2n) is 7.36. The summed E-state index contributed by atoms with van der Waals surface area (Å²) >= 11 is 0. The zero-order valence-electron chi connectivity index (χ0n) is 15.6. The van der Waals surface area contributed by atoms with Gasteiger partial charge in [0.2, 0.25) is 15.9 Å². The van der Waals surface area contributed by atoms with Crippen LogP contribution in [-0.2, 0) is 19.6 Å². The number of hydrogen-bond donors (Lipinski definition) is 0. The van der Waals surface area contributed by atoms with Crippen molar-refractivity contribution in [3.05, 3.63) is 18.2 Å². The van der Waals surface area contributed by atoms with Crippen LogP contribution in [0.2, 0.25) is 0 Å². The fourth-order valence-electron chi connectivity index (χ4n) is 4.44. The van der Waals surface area contributed by atoms with Crippen LogP contribution in [0, 0.1) is 0 Å². The Balaban J connectivity index is 1.72.